The molecule has 0 saturated carbocycles. The van der Waals surface area contributed by atoms with Crippen LogP contribution in [0.3, 0.4) is 0 Å². The number of benzene rings is 2. The van der Waals surface area contributed by atoms with Crippen molar-refractivity contribution in [2.24, 2.45) is 0 Å². The monoisotopic (exact) mass is 358 g/mol. The molecule has 7 heteroatoms. The van der Waals surface area contributed by atoms with Crippen molar-refractivity contribution in [3.05, 3.63) is 71.0 Å². The Bertz CT molecular complexity index is 896. The van der Waals surface area contributed by atoms with Crippen LogP contribution in [0.15, 0.2) is 54.6 Å². The van der Waals surface area contributed by atoms with E-state index in [4.69, 9.17) is 16.4 Å². The fraction of sp³-hybridized carbons (Fsp3) is 0.111. The topological polar surface area (TPSA) is 58.6 Å². The fourth-order valence-corrected chi connectivity index (χ4v) is 3.06. The quantitative estimate of drug-likeness (QED) is 0.838. The number of hydrogen-bond acceptors (Lipinski definition) is 4. The highest BCUT2D eigenvalue weighted by Crippen LogP contribution is 2.38. The molecule has 1 spiro atoms. The largest absolute Gasteiger partial charge is 0.274 e. The average molecular weight is 359 g/mol. The third kappa shape index (κ3) is 2.59. The number of amides is 2. The van der Waals surface area contributed by atoms with Crippen LogP contribution in [0.1, 0.15) is 12.0 Å². The molecule has 2 aromatic rings. The van der Waals surface area contributed by atoms with Gasteiger partial charge in [0.05, 0.1) is 17.8 Å². The Morgan fingerprint density at radius 3 is 2.44 bits per heavy atom. The predicted octanol–water partition coefficient (Wildman–Crippen LogP) is 3.06. The van der Waals surface area contributed by atoms with Gasteiger partial charge in [-0.15, -0.1) is 0 Å². The molecule has 0 radical (unpaired) electrons. The van der Waals surface area contributed by atoms with Gasteiger partial charge in [-0.25, -0.2) is 9.29 Å². The first kappa shape index (κ1) is 15.8. The summed E-state index contributed by atoms with van der Waals surface area (Å²) in [6.07, 6.45) is 1.47. The lowest BCUT2D eigenvalue weighted by Crippen LogP contribution is -2.40. The Kier molecular flexibility index (Phi) is 3.59. The van der Waals surface area contributed by atoms with Crippen molar-refractivity contribution in [3.8, 4) is 0 Å². The second-order valence-electron chi connectivity index (χ2n) is 5.85. The van der Waals surface area contributed by atoms with Gasteiger partial charge in [0.1, 0.15) is 5.82 Å². The van der Waals surface area contributed by atoms with Crippen molar-refractivity contribution in [2.75, 3.05) is 4.90 Å². The van der Waals surface area contributed by atoms with Crippen LogP contribution in [0.5, 0.6) is 0 Å². The van der Waals surface area contributed by atoms with Crippen LogP contribution in [-0.2, 0) is 14.4 Å². The maximum atomic E-state index is 13.1. The third-order valence-corrected chi connectivity index (χ3v) is 4.44. The van der Waals surface area contributed by atoms with Crippen LogP contribution in [0, 0.1) is 5.82 Å². The molecule has 1 saturated heterocycles. The molecule has 0 unspecified atom stereocenters. The third-order valence-electron chi connectivity index (χ3n) is 4.19. The summed E-state index contributed by atoms with van der Waals surface area (Å²) < 4.78 is 13.1. The number of hydroxylamine groups is 1. The average Bonchev–Trinajstić information content (AvgIpc) is 3.12. The van der Waals surface area contributed by atoms with Gasteiger partial charge in [0.15, 0.2) is 0 Å². The number of hydrogen-bond donors (Lipinski definition) is 1. The summed E-state index contributed by atoms with van der Waals surface area (Å²) in [5, 5.41) is 0.590. The minimum atomic E-state index is -1.40. The Balaban J connectivity index is 1.67. The van der Waals surface area contributed by atoms with Crippen LogP contribution in [0.2, 0.25) is 5.02 Å². The first-order valence-corrected chi connectivity index (χ1v) is 7.92. The van der Waals surface area contributed by atoms with E-state index in [1.807, 2.05) is 0 Å². The van der Waals surface area contributed by atoms with Crippen LogP contribution in [0.4, 0.5) is 10.1 Å². The Labute approximate surface area is 147 Å². The Morgan fingerprint density at radius 2 is 1.76 bits per heavy atom. The zero-order valence-electron chi connectivity index (χ0n) is 12.8. The van der Waals surface area contributed by atoms with Gasteiger partial charge in [0.2, 0.25) is 11.5 Å². The van der Waals surface area contributed by atoms with E-state index in [1.165, 1.54) is 24.3 Å². The highest BCUT2D eigenvalue weighted by atomic mass is 35.5. The molecular formula is C18H12ClFN2O3. The van der Waals surface area contributed by atoms with Gasteiger partial charge in [-0.1, -0.05) is 23.7 Å². The molecule has 0 aliphatic carbocycles. The van der Waals surface area contributed by atoms with Gasteiger partial charge in [-0.05, 0) is 48.0 Å². The van der Waals surface area contributed by atoms with Gasteiger partial charge < -0.3 is 0 Å². The maximum Gasteiger partial charge on any atom is 0.273 e. The summed E-state index contributed by atoms with van der Waals surface area (Å²) in [7, 11) is 0. The number of nitrogens with zero attached hydrogens (tertiary/aromatic N) is 1. The zero-order valence-corrected chi connectivity index (χ0v) is 13.6. The minimum Gasteiger partial charge on any atom is -0.274 e. The summed E-state index contributed by atoms with van der Waals surface area (Å²) in [5.74, 6) is -1.37. The standard InChI is InChI=1S/C18H12ClFN2O3/c19-12-3-1-11(2-4-12)15-9-18(25-21-15)10-16(23)22(17(18)24)14-7-5-13(20)6-8-14/h1-9,21H,10H2/t18-/m0/s1. The molecule has 2 aliphatic rings. The second kappa shape index (κ2) is 5.68. The molecule has 4 rings (SSSR count). The molecule has 2 amide bonds. The number of halogens is 2. The molecule has 1 N–H and O–H groups in total. The lowest BCUT2D eigenvalue weighted by atomic mass is 9.99. The molecule has 2 heterocycles. The molecule has 0 bridgehead atoms. The summed E-state index contributed by atoms with van der Waals surface area (Å²) in [6.45, 7) is 0. The van der Waals surface area contributed by atoms with Crippen molar-refractivity contribution in [2.45, 2.75) is 12.0 Å². The predicted molar refractivity (Wildman–Crippen MR) is 89.9 cm³/mol. The van der Waals surface area contributed by atoms with E-state index >= 15 is 0 Å². The van der Waals surface area contributed by atoms with Crippen LogP contribution >= 0.6 is 11.6 Å². The van der Waals surface area contributed by atoms with Crippen LogP contribution < -0.4 is 10.4 Å². The molecule has 2 aliphatic heterocycles. The fourth-order valence-electron chi connectivity index (χ4n) is 2.94. The van der Waals surface area contributed by atoms with Crippen molar-refractivity contribution in [1.29, 1.82) is 0 Å². The number of imide groups is 1. The molecule has 5 nitrogen and oxygen atoms in total. The number of carbonyl (C=O) groups excluding carboxylic acids is 2. The molecule has 0 aromatic heterocycles. The summed E-state index contributed by atoms with van der Waals surface area (Å²) in [6, 6.07) is 12.2. The lowest BCUT2D eigenvalue weighted by Gasteiger charge is -2.18. The van der Waals surface area contributed by atoms with E-state index in [0.717, 1.165) is 10.5 Å². The lowest BCUT2D eigenvalue weighted by molar-refractivity contribution is -0.136. The number of nitrogens with one attached hydrogen (secondary N) is 1. The van der Waals surface area contributed by atoms with Crippen molar-refractivity contribution in [3.63, 3.8) is 0 Å². The van der Waals surface area contributed by atoms with E-state index in [0.29, 0.717) is 16.4 Å². The number of anilines is 1. The molecular weight excluding hydrogens is 347 g/mol. The van der Waals surface area contributed by atoms with Crippen molar-refractivity contribution >= 4 is 34.8 Å². The van der Waals surface area contributed by atoms with Crippen molar-refractivity contribution < 1.29 is 18.8 Å². The highest BCUT2D eigenvalue weighted by Gasteiger charge is 2.55. The summed E-state index contributed by atoms with van der Waals surface area (Å²) >= 11 is 5.88. The number of rotatable bonds is 2. The smallest absolute Gasteiger partial charge is 0.273 e. The van der Waals surface area contributed by atoms with E-state index < -0.39 is 23.2 Å². The van der Waals surface area contributed by atoms with Gasteiger partial charge in [-0.2, -0.15) is 0 Å². The first-order valence-electron chi connectivity index (χ1n) is 7.54. The van der Waals surface area contributed by atoms with E-state index in [-0.39, 0.29) is 6.42 Å². The first-order chi connectivity index (χ1) is 12.0. The zero-order chi connectivity index (χ0) is 17.6. The minimum absolute atomic E-state index is 0.132. The maximum absolute atomic E-state index is 13.1. The van der Waals surface area contributed by atoms with E-state index in [2.05, 4.69) is 5.48 Å². The summed E-state index contributed by atoms with van der Waals surface area (Å²) in [5.41, 5.74) is 2.99. The number of carbonyl (C=O) groups is 2. The van der Waals surface area contributed by atoms with Crippen LogP contribution in [0.25, 0.3) is 5.70 Å². The van der Waals surface area contributed by atoms with Crippen LogP contribution in [-0.4, -0.2) is 17.4 Å². The van der Waals surface area contributed by atoms with Crippen molar-refractivity contribution in [1.82, 2.24) is 5.48 Å². The Hall–Kier alpha value is -2.70. The molecule has 126 valence electrons. The molecule has 1 fully saturated rings. The summed E-state index contributed by atoms with van der Waals surface area (Å²) in [4.78, 5) is 31.7. The SMILES string of the molecule is O=C1C[C@@]2(C=C(c3ccc(Cl)cc3)NO2)C(=O)N1c1ccc(F)cc1. The highest BCUT2D eigenvalue weighted by molar-refractivity contribution is 6.30. The normalized spacial score (nSPS) is 22.5. The van der Waals surface area contributed by atoms with Gasteiger partial charge in [0.25, 0.3) is 5.91 Å². The molecule has 1 atom stereocenters. The van der Waals surface area contributed by atoms with Gasteiger partial charge in [0, 0.05) is 5.02 Å². The molecule has 25 heavy (non-hydrogen) atoms. The Morgan fingerprint density at radius 1 is 1.08 bits per heavy atom. The second-order valence-corrected chi connectivity index (χ2v) is 6.28. The van der Waals surface area contributed by atoms with E-state index in [9.17, 15) is 14.0 Å². The van der Waals surface area contributed by atoms with Gasteiger partial charge in [-0.3, -0.25) is 19.9 Å². The molecule has 2 aromatic carbocycles. The van der Waals surface area contributed by atoms with Gasteiger partial charge >= 0.3 is 0 Å². The van der Waals surface area contributed by atoms with E-state index in [1.54, 1.807) is 30.3 Å².